The van der Waals surface area contributed by atoms with Crippen molar-refractivity contribution in [3.63, 3.8) is 0 Å². The largest absolute Gasteiger partial charge is 0.338 e. The first kappa shape index (κ1) is 18.8. The quantitative estimate of drug-likeness (QED) is 0.662. The van der Waals surface area contributed by atoms with Gasteiger partial charge in [0.2, 0.25) is 21.7 Å². The maximum Gasteiger partial charge on any atom is 0.242 e. The van der Waals surface area contributed by atoms with E-state index in [2.05, 4.69) is 14.9 Å². The minimum Gasteiger partial charge on any atom is -0.338 e. The molecule has 3 rings (SSSR count). The van der Waals surface area contributed by atoms with Crippen molar-refractivity contribution in [1.29, 1.82) is 0 Å². The summed E-state index contributed by atoms with van der Waals surface area (Å²) in [7, 11) is -3.64. The highest BCUT2D eigenvalue weighted by molar-refractivity contribution is 7.88. The van der Waals surface area contributed by atoms with Crippen LogP contribution in [0.2, 0.25) is 10.0 Å². The SMILES string of the molecule is Cc1cccc(-c2noc(CNS(=O)(=O)Cc3ccc(Cl)cc3Cl)n2)c1. The number of hydrogen-bond donors (Lipinski definition) is 1. The number of rotatable bonds is 6. The summed E-state index contributed by atoms with van der Waals surface area (Å²) in [6.45, 7) is 1.85. The minimum absolute atomic E-state index is 0.105. The summed E-state index contributed by atoms with van der Waals surface area (Å²) < 4.78 is 32.0. The van der Waals surface area contributed by atoms with Gasteiger partial charge in [-0.3, -0.25) is 0 Å². The van der Waals surface area contributed by atoms with Crippen LogP contribution >= 0.6 is 23.2 Å². The van der Waals surface area contributed by atoms with Crippen molar-refractivity contribution in [2.75, 3.05) is 0 Å². The molecule has 0 spiro atoms. The molecule has 0 fully saturated rings. The average molecular weight is 412 g/mol. The van der Waals surface area contributed by atoms with Crippen LogP contribution in [0.15, 0.2) is 47.0 Å². The van der Waals surface area contributed by atoms with Crippen molar-refractivity contribution in [3.8, 4) is 11.4 Å². The Labute approximate surface area is 161 Å². The van der Waals surface area contributed by atoms with Crippen LogP contribution in [-0.2, 0) is 22.3 Å². The lowest BCUT2D eigenvalue weighted by Crippen LogP contribution is -2.25. The summed E-state index contributed by atoms with van der Waals surface area (Å²) in [5.41, 5.74) is 2.32. The van der Waals surface area contributed by atoms with Gasteiger partial charge >= 0.3 is 0 Å². The number of benzene rings is 2. The van der Waals surface area contributed by atoms with Crippen molar-refractivity contribution < 1.29 is 12.9 Å². The van der Waals surface area contributed by atoms with Crippen LogP contribution in [-0.4, -0.2) is 18.6 Å². The highest BCUT2D eigenvalue weighted by Crippen LogP contribution is 2.22. The van der Waals surface area contributed by atoms with Gasteiger partial charge < -0.3 is 4.52 Å². The molecule has 1 N–H and O–H groups in total. The predicted octanol–water partition coefficient (Wildman–Crippen LogP) is 3.97. The van der Waals surface area contributed by atoms with Crippen molar-refractivity contribution in [2.24, 2.45) is 0 Å². The smallest absolute Gasteiger partial charge is 0.242 e. The third-order valence-electron chi connectivity index (χ3n) is 3.55. The van der Waals surface area contributed by atoms with Gasteiger partial charge in [-0.15, -0.1) is 0 Å². The Bertz CT molecular complexity index is 1040. The summed E-state index contributed by atoms with van der Waals surface area (Å²) in [6, 6.07) is 12.3. The zero-order valence-corrected chi connectivity index (χ0v) is 16.1. The zero-order valence-electron chi connectivity index (χ0n) is 13.7. The fourth-order valence-corrected chi connectivity index (χ4v) is 3.96. The molecule has 0 atom stereocenters. The normalized spacial score (nSPS) is 11.7. The zero-order chi connectivity index (χ0) is 18.7. The first-order chi connectivity index (χ1) is 12.3. The van der Waals surface area contributed by atoms with Crippen LogP contribution in [0.5, 0.6) is 0 Å². The maximum atomic E-state index is 12.2. The summed E-state index contributed by atoms with van der Waals surface area (Å²) >= 11 is 11.8. The standard InChI is InChI=1S/C17H15Cl2N3O3S/c1-11-3-2-4-12(7-11)17-21-16(25-22-17)9-20-26(23,24)10-13-5-6-14(18)8-15(13)19/h2-8,20H,9-10H2,1H3. The second-order valence-corrected chi connectivity index (χ2v) is 8.35. The van der Waals surface area contributed by atoms with Crippen LogP contribution in [0.25, 0.3) is 11.4 Å². The summed E-state index contributed by atoms with van der Waals surface area (Å²) in [4.78, 5) is 4.21. The van der Waals surface area contributed by atoms with Gasteiger partial charge in [0.1, 0.15) is 0 Å². The van der Waals surface area contributed by atoms with Gasteiger partial charge in [-0.1, -0.05) is 58.2 Å². The fraction of sp³-hybridized carbons (Fsp3) is 0.176. The molecule has 1 aromatic heterocycles. The van der Waals surface area contributed by atoms with E-state index in [0.29, 0.717) is 21.4 Å². The van der Waals surface area contributed by atoms with Gasteiger partial charge in [0, 0.05) is 15.6 Å². The molecule has 2 aromatic carbocycles. The highest BCUT2D eigenvalue weighted by Gasteiger charge is 2.16. The van der Waals surface area contributed by atoms with E-state index in [-0.39, 0.29) is 18.2 Å². The lowest BCUT2D eigenvalue weighted by Gasteiger charge is -2.06. The number of nitrogens with one attached hydrogen (secondary N) is 1. The number of halogens is 2. The number of nitrogens with zero attached hydrogens (tertiary/aromatic N) is 2. The van der Waals surface area contributed by atoms with E-state index in [1.807, 2.05) is 31.2 Å². The van der Waals surface area contributed by atoms with Crippen LogP contribution in [0.3, 0.4) is 0 Å². The molecule has 0 saturated carbocycles. The summed E-state index contributed by atoms with van der Waals surface area (Å²) in [5.74, 6) is 0.304. The molecule has 9 heteroatoms. The number of aryl methyl sites for hydroxylation is 1. The van der Waals surface area contributed by atoms with E-state index < -0.39 is 10.0 Å². The molecule has 0 aliphatic rings. The monoisotopic (exact) mass is 411 g/mol. The van der Waals surface area contributed by atoms with Crippen LogP contribution in [0.1, 0.15) is 17.0 Å². The maximum absolute atomic E-state index is 12.2. The molecular formula is C17H15Cl2N3O3S. The van der Waals surface area contributed by atoms with Gasteiger partial charge in [0.15, 0.2) is 0 Å². The first-order valence-electron chi connectivity index (χ1n) is 7.63. The molecule has 0 aliphatic heterocycles. The Morgan fingerprint density at radius 3 is 2.69 bits per heavy atom. The van der Waals surface area contributed by atoms with Crippen molar-refractivity contribution in [1.82, 2.24) is 14.9 Å². The fourth-order valence-electron chi connectivity index (χ4n) is 2.29. The van der Waals surface area contributed by atoms with Gasteiger partial charge in [-0.25, -0.2) is 13.1 Å². The molecule has 0 aliphatic carbocycles. The average Bonchev–Trinajstić information content (AvgIpc) is 3.05. The third-order valence-corrected chi connectivity index (χ3v) is 5.41. The Morgan fingerprint density at radius 2 is 1.96 bits per heavy atom. The second-order valence-electron chi connectivity index (χ2n) is 5.70. The molecule has 0 saturated heterocycles. The van der Waals surface area contributed by atoms with Gasteiger partial charge in [-0.2, -0.15) is 4.98 Å². The van der Waals surface area contributed by atoms with Gasteiger partial charge in [0.25, 0.3) is 0 Å². The molecule has 136 valence electrons. The molecule has 3 aromatic rings. The van der Waals surface area contributed by atoms with E-state index >= 15 is 0 Å². The van der Waals surface area contributed by atoms with Crippen molar-refractivity contribution >= 4 is 33.2 Å². The van der Waals surface area contributed by atoms with Crippen LogP contribution in [0.4, 0.5) is 0 Å². The molecule has 0 unspecified atom stereocenters. The Morgan fingerprint density at radius 1 is 1.15 bits per heavy atom. The highest BCUT2D eigenvalue weighted by atomic mass is 35.5. The predicted molar refractivity (Wildman–Crippen MR) is 100 cm³/mol. The second kappa shape index (κ2) is 7.75. The molecule has 0 amide bonds. The topological polar surface area (TPSA) is 85.1 Å². The number of sulfonamides is 1. The van der Waals surface area contributed by atoms with E-state index in [1.165, 1.54) is 6.07 Å². The number of hydrogen-bond acceptors (Lipinski definition) is 5. The lowest BCUT2D eigenvalue weighted by molar-refractivity contribution is 0.376. The molecule has 26 heavy (non-hydrogen) atoms. The van der Waals surface area contributed by atoms with Gasteiger partial charge in [0.05, 0.1) is 12.3 Å². The first-order valence-corrected chi connectivity index (χ1v) is 10.0. The minimum atomic E-state index is -3.64. The summed E-state index contributed by atoms with van der Waals surface area (Å²) in [6.07, 6.45) is 0. The Kier molecular flexibility index (Phi) is 5.62. The van der Waals surface area contributed by atoms with Crippen LogP contribution < -0.4 is 4.72 Å². The Balaban J connectivity index is 1.66. The van der Waals surface area contributed by atoms with E-state index in [9.17, 15) is 8.42 Å². The third kappa shape index (κ3) is 4.82. The van der Waals surface area contributed by atoms with Crippen molar-refractivity contribution in [2.45, 2.75) is 19.2 Å². The molecule has 1 heterocycles. The molecule has 6 nitrogen and oxygen atoms in total. The Hall–Kier alpha value is -1.93. The molecular weight excluding hydrogens is 397 g/mol. The van der Waals surface area contributed by atoms with Crippen molar-refractivity contribution in [3.05, 3.63) is 69.5 Å². The number of aromatic nitrogens is 2. The van der Waals surface area contributed by atoms with Gasteiger partial charge in [-0.05, 0) is 30.7 Å². The van der Waals surface area contributed by atoms with E-state index in [0.717, 1.165) is 11.1 Å². The molecule has 0 bridgehead atoms. The lowest BCUT2D eigenvalue weighted by atomic mass is 10.1. The summed E-state index contributed by atoms with van der Waals surface area (Å²) in [5, 5.41) is 4.62. The van der Waals surface area contributed by atoms with E-state index in [4.69, 9.17) is 27.7 Å². The van der Waals surface area contributed by atoms with Crippen LogP contribution in [0, 0.1) is 6.92 Å². The van der Waals surface area contributed by atoms with E-state index in [1.54, 1.807) is 12.1 Å². The molecule has 0 radical (unpaired) electrons.